The third-order valence-electron chi connectivity index (χ3n) is 4.04. The highest BCUT2D eigenvalue weighted by molar-refractivity contribution is 7.09. The first-order valence-corrected chi connectivity index (χ1v) is 9.66. The van der Waals surface area contributed by atoms with Crippen LogP contribution >= 0.6 is 11.3 Å². The minimum absolute atomic E-state index is 0.238. The number of hydrogen-bond donors (Lipinski definition) is 1. The smallest absolute Gasteiger partial charge is 0.291 e. The second-order valence-corrected chi connectivity index (χ2v) is 7.22. The van der Waals surface area contributed by atoms with Gasteiger partial charge in [-0.05, 0) is 43.3 Å². The van der Waals surface area contributed by atoms with E-state index in [0.717, 1.165) is 22.0 Å². The molecule has 5 nitrogen and oxygen atoms in total. The first-order valence-electron chi connectivity index (χ1n) is 8.78. The van der Waals surface area contributed by atoms with Gasteiger partial charge in [0.2, 0.25) is 0 Å². The van der Waals surface area contributed by atoms with Gasteiger partial charge in [0.05, 0.1) is 10.7 Å². The zero-order valence-electron chi connectivity index (χ0n) is 15.2. The van der Waals surface area contributed by atoms with Crippen LogP contribution in [0.15, 0.2) is 76.5 Å². The van der Waals surface area contributed by atoms with Crippen molar-refractivity contribution in [3.05, 3.63) is 88.6 Å². The number of aryl methyl sites for hydroxylation is 1. The SMILES string of the molecule is Cc1nc(-c2cccc(NC(=O)c3ccc(COc4ccccc4)o3)c2)cs1. The van der Waals surface area contributed by atoms with Gasteiger partial charge in [-0.15, -0.1) is 11.3 Å². The molecule has 0 saturated heterocycles. The van der Waals surface area contributed by atoms with Gasteiger partial charge in [0.25, 0.3) is 5.91 Å². The molecular formula is C22H18N2O3S. The van der Waals surface area contributed by atoms with Crippen molar-refractivity contribution in [3.8, 4) is 17.0 Å². The molecule has 0 spiro atoms. The monoisotopic (exact) mass is 390 g/mol. The van der Waals surface area contributed by atoms with Gasteiger partial charge < -0.3 is 14.5 Å². The molecule has 4 rings (SSSR count). The maximum Gasteiger partial charge on any atom is 0.291 e. The molecule has 1 amide bonds. The molecule has 0 aliphatic carbocycles. The molecule has 0 fully saturated rings. The van der Waals surface area contributed by atoms with E-state index in [-0.39, 0.29) is 18.3 Å². The highest BCUT2D eigenvalue weighted by Crippen LogP contribution is 2.24. The van der Waals surface area contributed by atoms with E-state index in [1.165, 1.54) is 0 Å². The predicted octanol–water partition coefficient (Wildman–Crippen LogP) is 5.54. The highest BCUT2D eigenvalue weighted by atomic mass is 32.1. The maximum absolute atomic E-state index is 12.5. The number of carbonyl (C=O) groups excluding carboxylic acids is 1. The van der Waals surface area contributed by atoms with E-state index in [9.17, 15) is 4.79 Å². The molecule has 0 saturated carbocycles. The van der Waals surface area contributed by atoms with Gasteiger partial charge in [-0.2, -0.15) is 0 Å². The molecule has 2 heterocycles. The van der Waals surface area contributed by atoms with Crippen molar-refractivity contribution < 1.29 is 13.9 Å². The number of para-hydroxylation sites is 1. The van der Waals surface area contributed by atoms with Crippen molar-refractivity contribution in [3.63, 3.8) is 0 Å². The molecule has 0 unspecified atom stereocenters. The third kappa shape index (κ3) is 4.29. The first kappa shape index (κ1) is 18.0. The molecule has 6 heteroatoms. The lowest BCUT2D eigenvalue weighted by atomic mass is 10.1. The molecule has 28 heavy (non-hydrogen) atoms. The van der Waals surface area contributed by atoms with Gasteiger partial charge in [-0.1, -0.05) is 30.3 Å². The van der Waals surface area contributed by atoms with Crippen molar-refractivity contribution in [2.75, 3.05) is 5.32 Å². The molecule has 140 valence electrons. The summed E-state index contributed by atoms with van der Waals surface area (Å²) in [7, 11) is 0. The van der Waals surface area contributed by atoms with Gasteiger partial charge in [0.15, 0.2) is 5.76 Å². The van der Waals surface area contributed by atoms with Gasteiger partial charge in [0, 0.05) is 16.6 Å². The number of carbonyl (C=O) groups is 1. The molecule has 2 aromatic carbocycles. The first-order chi connectivity index (χ1) is 13.7. The number of benzene rings is 2. The maximum atomic E-state index is 12.5. The van der Waals surface area contributed by atoms with Crippen molar-refractivity contribution in [1.82, 2.24) is 4.98 Å². The largest absolute Gasteiger partial charge is 0.486 e. The van der Waals surface area contributed by atoms with Crippen molar-refractivity contribution in [2.45, 2.75) is 13.5 Å². The summed E-state index contributed by atoms with van der Waals surface area (Å²) in [5, 5.41) is 5.87. The van der Waals surface area contributed by atoms with Crippen molar-refractivity contribution in [1.29, 1.82) is 0 Å². The quantitative estimate of drug-likeness (QED) is 0.469. The van der Waals surface area contributed by atoms with E-state index in [1.807, 2.05) is 66.9 Å². The molecule has 4 aromatic rings. The number of nitrogens with one attached hydrogen (secondary N) is 1. The average Bonchev–Trinajstić information content (AvgIpc) is 3.37. The Labute approximate surface area is 166 Å². The summed E-state index contributed by atoms with van der Waals surface area (Å²) in [6.45, 7) is 2.23. The standard InChI is InChI=1S/C22H18N2O3S/c1-15-23-20(14-28-15)16-6-5-7-17(12-16)24-22(25)21-11-10-19(27-21)13-26-18-8-3-2-4-9-18/h2-12,14H,13H2,1H3,(H,24,25). The van der Waals surface area contributed by atoms with Gasteiger partial charge >= 0.3 is 0 Å². The number of amides is 1. The van der Waals surface area contributed by atoms with Crippen LogP contribution in [0.25, 0.3) is 11.3 Å². The number of nitrogens with zero attached hydrogens (tertiary/aromatic N) is 1. The Morgan fingerprint density at radius 3 is 2.75 bits per heavy atom. The number of ether oxygens (including phenoxy) is 1. The normalized spacial score (nSPS) is 10.6. The van der Waals surface area contributed by atoms with E-state index < -0.39 is 0 Å². The average molecular weight is 390 g/mol. The molecular weight excluding hydrogens is 372 g/mol. The lowest BCUT2D eigenvalue weighted by Gasteiger charge is -2.05. The van der Waals surface area contributed by atoms with Crippen LogP contribution in [0.2, 0.25) is 0 Å². The number of aromatic nitrogens is 1. The van der Waals surface area contributed by atoms with E-state index in [2.05, 4.69) is 10.3 Å². The van der Waals surface area contributed by atoms with Crippen molar-refractivity contribution in [2.24, 2.45) is 0 Å². The lowest BCUT2D eigenvalue weighted by molar-refractivity contribution is 0.0992. The summed E-state index contributed by atoms with van der Waals surface area (Å²) in [5.74, 6) is 1.26. The minimum atomic E-state index is -0.308. The summed E-state index contributed by atoms with van der Waals surface area (Å²) in [5.41, 5.74) is 2.54. The Hall–Kier alpha value is -3.38. The van der Waals surface area contributed by atoms with E-state index >= 15 is 0 Å². The minimum Gasteiger partial charge on any atom is -0.486 e. The second kappa shape index (κ2) is 8.10. The Bertz CT molecular complexity index is 1090. The van der Waals surface area contributed by atoms with Crippen LogP contribution in [0.3, 0.4) is 0 Å². The highest BCUT2D eigenvalue weighted by Gasteiger charge is 2.13. The number of furan rings is 1. The summed E-state index contributed by atoms with van der Waals surface area (Å²) >= 11 is 1.60. The zero-order valence-corrected chi connectivity index (χ0v) is 16.0. The third-order valence-corrected chi connectivity index (χ3v) is 4.82. The Morgan fingerprint density at radius 2 is 1.96 bits per heavy atom. The predicted molar refractivity (Wildman–Crippen MR) is 110 cm³/mol. The van der Waals surface area contributed by atoms with Gasteiger partial charge in [-0.25, -0.2) is 4.98 Å². The molecule has 0 atom stereocenters. The topological polar surface area (TPSA) is 64.4 Å². The van der Waals surface area contributed by atoms with Crippen LogP contribution in [0.1, 0.15) is 21.3 Å². The molecule has 0 aliphatic rings. The van der Waals surface area contributed by atoms with Crippen LogP contribution in [0, 0.1) is 6.92 Å². The fraction of sp³-hybridized carbons (Fsp3) is 0.0909. The summed E-state index contributed by atoms with van der Waals surface area (Å²) in [6, 6.07) is 20.4. The molecule has 0 bridgehead atoms. The summed E-state index contributed by atoms with van der Waals surface area (Å²) in [4.78, 5) is 17.0. The molecule has 0 aliphatic heterocycles. The number of rotatable bonds is 6. The Balaban J connectivity index is 1.41. The zero-order chi connectivity index (χ0) is 19.3. The summed E-state index contributed by atoms with van der Waals surface area (Å²) < 4.78 is 11.2. The van der Waals surface area contributed by atoms with E-state index in [4.69, 9.17) is 9.15 Å². The Kier molecular flexibility index (Phi) is 5.21. The van der Waals surface area contributed by atoms with Crippen LogP contribution in [-0.2, 0) is 6.61 Å². The lowest BCUT2D eigenvalue weighted by Crippen LogP contribution is -2.10. The van der Waals surface area contributed by atoms with E-state index in [0.29, 0.717) is 11.4 Å². The number of hydrogen-bond acceptors (Lipinski definition) is 5. The van der Waals surface area contributed by atoms with Crippen LogP contribution in [-0.4, -0.2) is 10.9 Å². The summed E-state index contributed by atoms with van der Waals surface area (Å²) in [6.07, 6.45) is 0. The molecule has 1 N–H and O–H groups in total. The molecule has 2 aromatic heterocycles. The van der Waals surface area contributed by atoms with E-state index in [1.54, 1.807) is 23.5 Å². The fourth-order valence-electron chi connectivity index (χ4n) is 2.69. The Morgan fingerprint density at radius 1 is 1.11 bits per heavy atom. The van der Waals surface area contributed by atoms with Crippen molar-refractivity contribution >= 4 is 22.9 Å². The number of anilines is 1. The van der Waals surface area contributed by atoms with Gasteiger partial charge in [-0.3, -0.25) is 4.79 Å². The number of thiazole rings is 1. The van der Waals surface area contributed by atoms with Crippen LogP contribution in [0.4, 0.5) is 5.69 Å². The van der Waals surface area contributed by atoms with Gasteiger partial charge in [0.1, 0.15) is 18.1 Å². The van der Waals surface area contributed by atoms with Crippen LogP contribution in [0.5, 0.6) is 5.75 Å². The fourth-order valence-corrected chi connectivity index (χ4v) is 3.32. The molecule has 0 radical (unpaired) electrons. The second-order valence-electron chi connectivity index (χ2n) is 6.15. The van der Waals surface area contributed by atoms with Crippen LogP contribution < -0.4 is 10.1 Å².